The maximum atomic E-state index is 12.4. The van der Waals surface area contributed by atoms with Gasteiger partial charge < -0.3 is 10.2 Å². The summed E-state index contributed by atoms with van der Waals surface area (Å²) in [6, 6.07) is 14.0. The maximum absolute atomic E-state index is 12.4. The van der Waals surface area contributed by atoms with Gasteiger partial charge in [0.1, 0.15) is 0 Å². The number of thiophene rings is 1. The number of carbonyl (C=O) groups is 2. The molecule has 1 aromatic heterocycles. The van der Waals surface area contributed by atoms with Crippen molar-refractivity contribution >= 4 is 56.9 Å². The van der Waals surface area contributed by atoms with Crippen LogP contribution in [0.3, 0.4) is 0 Å². The summed E-state index contributed by atoms with van der Waals surface area (Å²) in [5, 5.41) is 3.05. The average molecular weight is 493 g/mol. The van der Waals surface area contributed by atoms with Crippen molar-refractivity contribution in [2.45, 2.75) is 18.6 Å². The molecule has 0 bridgehead atoms. The van der Waals surface area contributed by atoms with Crippen LogP contribution in [0.15, 0.2) is 52.3 Å². The number of likely N-dealkylation sites (tertiary alicyclic amines) is 1. The summed E-state index contributed by atoms with van der Waals surface area (Å²) >= 11 is 7.06. The van der Waals surface area contributed by atoms with Crippen LogP contribution >= 0.6 is 39.0 Å². The number of piperidine rings is 1. The van der Waals surface area contributed by atoms with Gasteiger partial charge in [-0.1, -0.05) is 30.3 Å². The zero-order chi connectivity index (χ0) is 20.5. The second-order valence-corrected chi connectivity index (χ2v) is 10.5. The average Bonchev–Trinajstić information content (AvgIpc) is 3.17. The van der Waals surface area contributed by atoms with Crippen molar-refractivity contribution in [3.63, 3.8) is 0 Å². The van der Waals surface area contributed by atoms with Crippen LogP contribution in [0.4, 0.5) is 0 Å². The van der Waals surface area contributed by atoms with Gasteiger partial charge >= 0.3 is 0 Å². The quantitative estimate of drug-likeness (QED) is 0.424. The van der Waals surface area contributed by atoms with E-state index in [0.717, 1.165) is 33.7 Å². The van der Waals surface area contributed by atoms with Gasteiger partial charge in [0.2, 0.25) is 11.8 Å². The SMILES string of the molecule is O=C(NCCSCc1ccc(Br)s1)C1CCN(C(=O)/C=C/c2ccccc2)CC1. The normalized spacial score (nSPS) is 15.0. The van der Waals surface area contributed by atoms with Crippen LogP contribution in [-0.2, 0) is 15.3 Å². The fourth-order valence-electron chi connectivity index (χ4n) is 3.19. The highest BCUT2D eigenvalue weighted by atomic mass is 79.9. The summed E-state index contributed by atoms with van der Waals surface area (Å²) in [6.45, 7) is 1.96. The molecule has 0 saturated carbocycles. The van der Waals surface area contributed by atoms with Crippen molar-refractivity contribution < 1.29 is 9.59 Å². The number of amides is 2. The Hall–Kier alpha value is -1.57. The molecule has 0 atom stereocenters. The Balaban J connectivity index is 1.31. The van der Waals surface area contributed by atoms with Crippen LogP contribution in [0.25, 0.3) is 6.08 Å². The fourth-order valence-corrected chi connectivity index (χ4v) is 5.64. The van der Waals surface area contributed by atoms with Gasteiger partial charge in [0, 0.05) is 48.0 Å². The van der Waals surface area contributed by atoms with E-state index in [9.17, 15) is 9.59 Å². The van der Waals surface area contributed by atoms with Crippen molar-refractivity contribution in [3.8, 4) is 0 Å². The Morgan fingerprint density at radius 1 is 1.17 bits per heavy atom. The van der Waals surface area contributed by atoms with Crippen LogP contribution in [0.2, 0.25) is 0 Å². The van der Waals surface area contributed by atoms with Crippen molar-refractivity contribution in [1.82, 2.24) is 10.2 Å². The minimum Gasteiger partial charge on any atom is -0.355 e. The lowest BCUT2D eigenvalue weighted by atomic mass is 9.96. The van der Waals surface area contributed by atoms with Crippen molar-refractivity contribution in [2.75, 3.05) is 25.4 Å². The van der Waals surface area contributed by atoms with Gasteiger partial charge in [-0.3, -0.25) is 9.59 Å². The molecule has 154 valence electrons. The lowest BCUT2D eigenvalue weighted by Crippen LogP contribution is -2.42. The monoisotopic (exact) mass is 492 g/mol. The number of nitrogens with zero attached hydrogens (tertiary/aromatic N) is 1. The number of hydrogen-bond donors (Lipinski definition) is 1. The minimum absolute atomic E-state index is 0.00963. The van der Waals surface area contributed by atoms with E-state index in [1.165, 1.54) is 4.88 Å². The third-order valence-corrected chi connectivity index (χ3v) is 7.63. The first-order valence-electron chi connectivity index (χ1n) is 9.73. The molecule has 2 amide bonds. The summed E-state index contributed by atoms with van der Waals surface area (Å²) in [5.74, 6) is 2.03. The van der Waals surface area contributed by atoms with Crippen LogP contribution in [-0.4, -0.2) is 42.1 Å². The van der Waals surface area contributed by atoms with E-state index in [-0.39, 0.29) is 17.7 Å². The highest BCUT2D eigenvalue weighted by Gasteiger charge is 2.26. The molecule has 1 saturated heterocycles. The molecule has 4 nitrogen and oxygen atoms in total. The van der Waals surface area contributed by atoms with Crippen molar-refractivity contribution in [1.29, 1.82) is 0 Å². The summed E-state index contributed by atoms with van der Waals surface area (Å²) in [6.07, 6.45) is 4.92. The molecule has 1 fully saturated rings. The second kappa shape index (κ2) is 11.6. The molecular weight excluding hydrogens is 468 g/mol. The molecular formula is C22H25BrN2O2S2. The maximum Gasteiger partial charge on any atom is 0.246 e. The van der Waals surface area contributed by atoms with Gasteiger partial charge in [0.05, 0.1) is 3.79 Å². The lowest BCUT2D eigenvalue weighted by Gasteiger charge is -2.30. The van der Waals surface area contributed by atoms with E-state index in [2.05, 4.69) is 33.4 Å². The van der Waals surface area contributed by atoms with Crippen molar-refractivity contribution in [3.05, 3.63) is 62.8 Å². The largest absolute Gasteiger partial charge is 0.355 e. The van der Waals surface area contributed by atoms with E-state index in [0.29, 0.717) is 19.6 Å². The van der Waals surface area contributed by atoms with Crippen LogP contribution in [0, 0.1) is 5.92 Å². The Morgan fingerprint density at radius 2 is 1.93 bits per heavy atom. The highest BCUT2D eigenvalue weighted by molar-refractivity contribution is 9.11. The molecule has 1 aromatic carbocycles. The zero-order valence-electron chi connectivity index (χ0n) is 16.2. The topological polar surface area (TPSA) is 49.4 Å². The molecule has 1 aliphatic rings. The Bertz CT molecular complexity index is 830. The summed E-state index contributed by atoms with van der Waals surface area (Å²) in [5.41, 5.74) is 1.01. The Morgan fingerprint density at radius 3 is 2.62 bits per heavy atom. The predicted octanol–water partition coefficient (Wildman–Crippen LogP) is 4.81. The van der Waals surface area contributed by atoms with E-state index in [1.807, 2.05) is 53.1 Å². The van der Waals surface area contributed by atoms with Gasteiger partial charge in [-0.05, 0) is 52.5 Å². The molecule has 0 unspecified atom stereocenters. The van der Waals surface area contributed by atoms with Gasteiger partial charge in [-0.15, -0.1) is 11.3 Å². The Labute approximate surface area is 188 Å². The molecule has 2 heterocycles. The molecule has 7 heteroatoms. The van der Waals surface area contributed by atoms with Crippen LogP contribution in [0.1, 0.15) is 23.3 Å². The highest BCUT2D eigenvalue weighted by Crippen LogP contribution is 2.25. The molecule has 0 spiro atoms. The minimum atomic E-state index is 0.00963. The summed E-state index contributed by atoms with van der Waals surface area (Å²) in [4.78, 5) is 27.9. The molecule has 2 aromatic rings. The molecule has 3 rings (SSSR count). The molecule has 0 radical (unpaired) electrons. The number of rotatable bonds is 8. The third kappa shape index (κ3) is 7.32. The second-order valence-electron chi connectivity index (χ2n) is 6.89. The summed E-state index contributed by atoms with van der Waals surface area (Å²) in [7, 11) is 0. The van der Waals surface area contributed by atoms with Gasteiger partial charge in [0.25, 0.3) is 0 Å². The fraction of sp³-hybridized carbons (Fsp3) is 0.364. The molecule has 29 heavy (non-hydrogen) atoms. The van der Waals surface area contributed by atoms with E-state index < -0.39 is 0 Å². The molecule has 1 aliphatic heterocycles. The smallest absolute Gasteiger partial charge is 0.246 e. The lowest BCUT2D eigenvalue weighted by molar-refractivity contribution is -0.132. The molecule has 0 aliphatic carbocycles. The predicted molar refractivity (Wildman–Crippen MR) is 126 cm³/mol. The van der Waals surface area contributed by atoms with Crippen LogP contribution < -0.4 is 5.32 Å². The van der Waals surface area contributed by atoms with Crippen LogP contribution in [0.5, 0.6) is 0 Å². The number of nitrogens with one attached hydrogen (secondary N) is 1. The first-order chi connectivity index (χ1) is 14.1. The number of thioether (sulfide) groups is 1. The van der Waals surface area contributed by atoms with E-state index in [1.54, 1.807) is 17.4 Å². The first-order valence-corrected chi connectivity index (χ1v) is 12.5. The van der Waals surface area contributed by atoms with Gasteiger partial charge in [0.15, 0.2) is 0 Å². The zero-order valence-corrected chi connectivity index (χ0v) is 19.4. The molecule has 1 N–H and O–H groups in total. The van der Waals surface area contributed by atoms with Crippen molar-refractivity contribution in [2.24, 2.45) is 5.92 Å². The third-order valence-electron chi connectivity index (χ3n) is 4.81. The first kappa shape index (κ1) is 22.1. The number of benzene rings is 1. The Kier molecular flexibility index (Phi) is 8.83. The number of carbonyl (C=O) groups excluding carboxylic acids is 2. The number of halogens is 1. The standard InChI is InChI=1S/C22H25BrN2O2S2/c23-20-8-7-19(29-20)16-28-15-12-24-22(27)18-10-13-25(14-11-18)21(26)9-6-17-4-2-1-3-5-17/h1-9,18H,10-16H2,(H,24,27)/b9-6+. The van der Waals surface area contributed by atoms with Gasteiger partial charge in [-0.2, -0.15) is 11.8 Å². The number of hydrogen-bond acceptors (Lipinski definition) is 4. The van der Waals surface area contributed by atoms with E-state index in [4.69, 9.17) is 0 Å². The van der Waals surface area contributed by atoms with E-state index >= 15 is 0 Å². The van der Waals surface area contributed by atoms with Gasteiger partial charge in [-0.25, -0.2) is 0 Å². The summed E-state index contributed by atoms with van der Waals surface area (Å²) < 4.78 is 1.15.